The molecule has 0 aliphatic rings. The first-order valence-electron chi connectivity index (χ1n) is 9.44. The fraction of sp³-hybridized carbons (Fsp3) is 0.174. The molecule has 0 atom stereocenters. The molecule has 0 radical (unpaired) electrons. The number of methoxy groups -OCH3 is 1. The van der Waals surface area contributed by atoms with E-state index in [1.807, 2.05) is 67.6 Å². The molecule has 4 rings (SSSR count). The zero-order valence-electron chi connectivity index (χ0n) is 16.6. The number of rotatable bonds is 6. The first-order chi connectivity index (χ1) is 14.5. The summed E-state index contributed by atoms with van der Waals surface area (Å²) in [5.41, 5.74) is 4.57. The fourth-order valence-corrected chi connectivity index (χ4v) is 3.48. The lowest BCUT2D eigenvalue weighted by Crippen LogP contribution is -2.10. The van der Waals surface area contributed by atoms with Gasteiger partial charge >= 0.3 is 5.97 Å². The molecule has 2 aromatic carbocycles. The molecule has 4 aromatic rings. The number of aryl methyl sites for hydroxylation is 1. The van der Waals surface area contributed by atoms with E-state index < -0.39 is 0 Å². The van der Waals surface area contributed by atoms with E-state index >= 15 is 0 Å². The summed E-state index contributed by atoms with van der Waals surface area (Å²) in [4.78, 5) is 16.2. The van der Waals surface area contributed by atoms with Gasteiger partial charge in [0, 0.05) is 22.9 Å². The van der Waals surface area contributed by atoms with Gasteiger partial charge in [0.25, 0.3) is 0 Å². The summed E-state index contributed by atoms with van der Waals surface area (Å²) >= 11 is 6.53. The van der Waals surface area contributed by atoms with E-state index in [2.05, 4.69) is 10.1 Å². The van der Waals surface area contributed by atoms with Crippen molar-refractivity contribution in [3.05, 3.63) is 82.6 Å². The largest absolute Gasteiger partial charge is 0.489 e. The van der Waals surface area contributed by atoms with Gasteiger partial charge in [-0.05, 0) is 24.6 Å². The van der Waals surface area contributed by atoms with Crippen LogP contribution in [-0.2, 0) is 22.6 Å². The molecule has 0 unspecified atom stereocenters. The Kier molecular flexibility index (Phi) is 5.68. The summed E-state index contributed by atoms with van der Waals surface area (Å²) in [7, 11) is 1.34. The summed E-state index contributed by atoms with van der Waals surface area (Å²) < 4.78 is 12.2. The Bertz CT molecular complexity index is 1210. The number of aromatic nitrogens is 3. The summed E-state index contributed by atoms with van der Waals surface area (Å²) in [6.07, 6.45) is 0.0438. The van der Waals surface area contributed by atoms with Crippen molar-refractivity contribution < 1.29 is 14.3 Å². The SMILES string of the molecule is COC(=O)Cc1c(C)nc2cc(-c3cccc(OCc4ccccc4)c3)nn2c1Cl. The maximum Gasteiger partial charge on any atom is 0.310 e. The first kappa shape index (κ1) is 19.9. The quantitative estimate of drug-likeness (QED) is 0.335. The molecule has 30 heavy (non-hydrogen) atoms. The van der Waals surface area contributed by atoms with E-state index in [9.17, 15) is 4.79 Å². The zero-order valence-corrected chi connectivity index (χ0v) is 17.4. The summed E-state index contributed by atoms with van der Waals surface area (Å²) in [5.74, 6) is 0.367. The van der Waals surface area contributed by atoms with Crippen LogP contribution in [0, 0.1) is 6.92 Å². The minimum atomic E-state index is -0.378. The molecule has 0 bridgehead atoms. The Morgan fingerprint density at radius 3 is 2.67 bits per heavy atom. The number of nitrogens with zero attached hydrogens (tertiary/aromatic N) is 3. The highest BCUT2D eigenvalue weighted by Gasteiger charge is 2.17. The third-order valence-electron chi connectivity index (χ3n) is 4.77. The van der Waals surface area contributed by atoms with Crippen LogP contribution in [0.3, 0.4) is 0 Å². The second-order valence-corrected chi connectivity index (χ2v) is 7.18. The van der Waals surface area contributed by atoms with Gasteiger partial charge in [-0.25, -0.2) is 9.50 Å². The molecular formula is C23H20ClN3O3. The van der Waals surface area contributed by atoms with Crippen LogP contribution in [0.25, 0.3) is 16.9 Å². The van der Waals surface area contributed by atoms with Crippen LogP contribution < -0.4 is 4.74 Å². The second-order valence-electron chi connectivity index (χ2n) is 6.82. The Morgan fingerprint density at radius 2 is 1.90 bits per heavy atom. The monoisotopic (exact) mass is 421 g/mol. The molecule has 6 nitrogen and oxygen atoms in total. The van der Waals surface area contributed by atoms with Gasteiger partial charge in [-0.1, -0.05) is 54.1 Å². The van der Waals surface area contributed by atoms with Crippen LogP contribution in [0.1, 0.15) is 16.8 Å². The van der Waals surface area contributed by atoms with Gasteiger partial charge in [0.1, 0.15) is 17.5 Å². The standard InChI is InChI=1S/C23H20ClN3O3/c1-15-19(12-22(28)29-2)23(24)27-21(25-15)13-20(26-27)17-9-6-10-18(11-17)30-14-16-7-4-3-5-8-16/h3-11,13H,12,14H2,1-2H3. The molecule has 0 fully saturated rings. The molecule has 7 heteroatoms. The molecule has 0 N–H and O–H groups in total. The van der Waals surface area contributed by atoms with E-state index in [1.165, 1.54) is 7.11 Å². The lowest BCUT2D eigenvalue weighted by Gasteiger charge is -2.08. The highest BCUT2D eigenvalue weighted by atomic mass is 35.5. The minimum absolute atomic E-state index is 0.0438. The topological polar surface area (TPSA) is 65.7 Å². The maximum absolute atomic E-state index is 11.7. The van der Waals surface area contributed by atoms with Gasteiger partial charge in [-0.3, -0.25) is 4.79 Å². The number of hydrogen-bond acceptors (Lipinski definition) is 5. The summed E-state index contributed by atoms with van der Waals surface area (Å²) in [6, 6.07) is 19.6. The molecule has 2 heterocycles. The molecule has 0 amide bonds. The van der Waals surface area contributed by atoms with Crippen molar-refractivity contribution >= 4 is 23.2 Å². The Labute approximate surface area is 179 Å². The Balaban J connectivity index is 1.63. The Morgan fingerprint density at radius 1 is 1.10 bits per heavy atom. The van der Waals surface area contributed by atoms with Crippen LogP contribution in [0.5, 0.6) is 5.75 Å². The molecule has 152 valence electrons. The van der Waals surface area contributed by atoms with Crippen LogP contribution in [0.15, 0.2) is 60.7 Å². The number of ether oxygens (including phenoxy) is 2. The molecule has 0 saturated heterocycles. The van der Waals surface area contributed by atoms with Crippen LogP contribution >= 0.6 is 11.6 Å². The third-order valence-corrected chi connectivity index (χ3v) is 5.16. The molecule has 0 saturated carbocycles. The second kappa shape index (κ2) is 8.55. The number of carbonyl (C=O) groups is 1. The van der Waals surface area contributed by atoms with Gasteiger partial charge in [0.2, 0.25) is 0 Å². The molecule has 0 aliphatic carbocycles. The maximum atomic E-state index is 11.7. The number of esters is 1. The van der Waals surface area contributed by atoms with Crippen LogP contribution in [0.4, 0.5) is 0 Å². The number of hydrogen-bond donors (Lipinski definition) is 0. The van der Waals surface area contributed by atoms with Gasteiger partial charge < -0.3 is 9.47 Å². The van der Waals surface area contributed by atoms with Gasteiger partial charge in [-0.2, -0.15) is 5.10 Å². The molecular weight excluding hydrogens is 402 g/mol. The van der Waals surface area contributed by atoms with E-state index in [1.54, 1.807) is 4.52 Å². The van der Waals surface area contributed by atoms with Gasteiger partial charge in [-0.15, -0.1) is 0 Å². The van der Waals surface area contributed by atoms with Crippen molar-refractivity contribution in [1.82, 2.24) is 14.6 Å². The van der Waals surface area contributed by atoms with E-state index in [-0.39, 0.29) is 12.4 Å². The van der Waals surface area contributed by atoms with E-state index in [0.717, 1.165) is 16.9 Å². The predicted octanol–water partition coefficient (Wildman–Crippen LogP) is 4.65. The number of carbonyl (C=O) groups excluding carboxylic acids is 1. The van der Waals surface area contributed by atoms with Crippen molar-refractivity contribution in [2.24, 2.45) is 0 Å². The predicted molar refractivity (Wildman–Crippen MR) is 115 cm³/mol. The highest BCUT2D eigenvalue weighted by molar-refractivity contribution is 6.30. The Hall–Kier alpha value is -3.38. The summed E-state index contributed by atoms with van der Waals surface area (Å²) in [5, 5.41) is 4.94. The fourth-order valence-electron chi connectivity index (χ4n) is 3.16. The van der Waals surface area contributed by atoms with E-state index in [0.29, 0.717) is 34.4 Å². The lowest BCUT2D eigenvalue weighted by atomic mass is 10.1. The van der Waals surface area contributed by atoms with Crippen molar-refractivity contribution in [3.8, 4) is 17.0 Å². The van der Waals surface area contributed by atoms with Gasteiger partial charge in [0.05, 0.1) is 19.2 Å². The smallest absolute Gasteiger partial charge is 0.310 e. The minimum Gasteiger partial charge on any atom is -0.489 e. The number of fused-ring (bicyclic) bond motifs is 1. The average Bonchev–Trinajstić information content (AvgIpc) is 3.20. The van der Waals surface area contributed by atoms with Gasteiger partial charge in [0.15, 0.2) is 5.65 Å². The van der Waals surface area contributed by atoms with Crippen LogP contribution in [-0.4, -0.2) is 27.7 Å². The average molecular weight is 422 g/mol. The first-order valence-corrected chi connectivity index (χ1v) is 9.81. The molecule has 0 spiro atoms. The highest BCUT2D eigenvalue weighted by Crippen LogP contribution is 2.27. The summed E-state index contributed by atoms with van der Waals surface area (Å²) in [6.45, 7) is 2.30. The van der Waals surface area contributed by atoms with E-state index in [4.69, 9.17) is 21.1 Å². The molecule has 0 aliphatic heterocycles. The van der Waals surface area contributed by atoms with Crippen molar-refractivity contribution in [1.29, 1.82) is 0 Å². The molecule has 2 aromatic heterocycles. The number of halogens is 1. The normalized spacial score (nSPS) is 10.9. The number of benzene rings is 2. The van der Waals surface area contributed by atoms with Crippen molar-refractivity contribution in [3.63, 3.8) is 0 Å². The van der Waals surface area contributed by atoms with Crippen LogP contribution in [0.2, 0.25) is 5.15 Å². The lowest BCUT2D eigenvalue weighted by molar-refractivity contribution is -0.139. The van der Waals surface area contributed by atoms with Crippen molar-refractivity contribution in [2.75, 3.05) is 7.11 Å². The van der Waals surface area contributed by atoms with Crippen molar-refractivity contribution in [2.45, 2.75) is 20.0 Å². The third kappa shape index (κ3) is 4.14. The zero-order chi connectivity index (χ0) is 21.1.